The smallest absolute Gasteiger partial charge is 0.0240 e. The van der Waals surface area contributed by atoms with Crippen molar-refractivity contribution >= 4 is 13.9 Å². The van der Waals surface area contributed by atoms with Crippen LogP contribution in [0.4, 0.5) is 0 Å². The Morgan fingerprint density at radius 2 is 1.65 bits per heavy atom. The summed E-state index contributed by atoms with van der Waals surface area (Å²) in [7, 11) is 1.03. The van der Waals surface area contributed by atoms with Gasteiger partial charge in [-0.3, -0.25) is 0 Å². The van der Waals surface area contributed by atoms with Gasteiger partial charge in [-0.15, -0.1) is 0 Å². The van der Waals surface area contributed by atoms with E-state index in [4.69, 9.17) is 0 Å². The predicted octanol–water partition coefficient (Wildman–Crippen LogP) is 4.91. The van der Waals surface area contributed by atoms with Crippen LogP contribution in [0.2, 0.25) is 0 Å². The highest BCUT2D eigenvalue weighted by Crippen LogP contribution is 2.17. The highest BCUT2D eigenvalue weighted by Gasteiger charge is 2.00. The largest absolute Gasteiger partial charge is 0.0901 e. The van der Waals surface area contributed by atoms with Crippen LogP contribution in [0.3, 0.4) is 0 Å². The summed E-state index contributed by atoms with van der Waals surface area (Å²) in [5.74, 6) is 0. The van der Waals surface area contributed by atoms with Gasteiger partial charge in [0, 0.05) is 0 Å². The van der Waals surface area contributed by atoms with Crippen molar-refractivity contribution in [2.24, 2.45) is 0 Å². The lowest BCUT2D eigenvalue weighted by molar-refractivity contribution is 0.706. The molecule has 0 saturated carbocycles. The fraction of sp³-hybridized carbons (Fsp3) is 0.625. The maximum absolute atomic E-state index is 2.34. The monoisotopic (exact) mass is 250 g/mol. The van der Waals surface area contributed by atoms with Gasteiger partial charge in [0.05, 0.1) is 0 Å². The summed E-state index contributed by atoms with van der Waals surface area (Å²) in [4.78, 5) is 0. The molecule has 0 aliphatic carbocycles. The van der Waals surface area contributed by atoms with Crippen LogP contribution in [-0.4, -0.2) is 6.16 Å². The molecule has 1 unspecified atom stereocenters. The Morgan fingerprint density at radius 1 is 0.882 bits per heavy atom. The van der Waals surface area contributed by atoms with Crippen molar-refractivity contribution in [2.45, 2.75) is 58.8 Å². The Hall–Kier alpha value is -0.350. The van der Waals surface area contributed by atoms with E-state index < -0.39 is 0 Å². The molecule has 1 heteroatoms. The molecule has 0 aliphatic rings. The summed E-state index contributed by atoms with van der Waals surface area (Å²) < 4.78 is 0. The van der Waals surface area contributed by atoms with Crippen LogP contribution in [0.25, 0.3) is 0 Å². The third kappa shape index (κ3) is 6.22. The summed E-state index contributed by atoms with van der Waals surface area (Å²) >= 11 is 0. The number of rotatable bonds is 9. The summed E-state index contributed by atoms with van der Waals surface area (Å²) in [5.41, 5.74) is 1.60. The first kappa shape index (κ1) is 14.7. The van der Waals surface area contributed by atoms with Crippen molar-refractivity contribution in [3.63, 3.8) is 0 Å². The summed E-state index contributed by atoms with van der Waals surface area (Å²) in [6, 6.07) is 9.05. The van der Waals surface area contributed by atoms with E-state index in [-0.39, 0.29) is 0 Å². The lowest BCUT2D eigenvalue weighted by Crippen LogP contribution is -2.04. The van der Waals surface area contributed by atoms with E-state index in [1.165, 1.54) is 51.1 Å². The normalized spacial score (nSPS) is 11.4. The number of benzene rings is 1. The van der Waals surface area contributed by atoms with Crippen LogP contribution in [0.5, 0.6) is 0 Å². The molecule has 1 aromatic carbocycles. The van der Waals surface area contributed by atoms with Crippen LogP contribution in [0.15, 0.2) is 24.3 Å². The lowest BCUT2D eigenvalue weighted by atomic mass is 10.1. The zero-order valence-electron chi connectivity index (χ0n) is 11.5. The molecule has 0 nitrogen and oxygen atoms in total. The molecule has 0 radical (unpaired) electrons. The molecule has 0 bridgehead atoms. The van der Waals surface area contributed by atoms with Gasteiger partial charge in [0.25, 0.3) is 0 Å². The molecular formula is C16H27P. The van der Waals surface area contributed by atoms with Gasteiger partial charge in [-0.1, -0.05) is 72.4 Å². The van der Waals surface area contributed by atoms with Gasteiger partial charge < -0.3 is 0 Å². The molecule has 0 spiro atoms. The van der Waals surface area contributed by atoms with Crippen LogP contribution in [0.1, 0.15) is 57.9 Å². The quantitative estimate of drug-likeness (QED) is 0.431. The first-order valence-electron chi connectivity index (χ1n) is 7.20. The first-order chi connectivity index (χ1) is 8.38. The maximum Gasteiger partial charge on any atom is -0.0240 e. The van der Waals surface area contributed by atoms with Crippen molar-refractivity contribution < 1.29 is 0 Å². The minimum absolute atomic E-state index is 1.03. The highest BCUT2D eigenvalue weighted by atomic mass is 31.1. The molecule has 0 saturated heterocycles. The van der Waals surface area contributed by atoms with Crippen molar-refractivity contribution in [3.05, 3.63) is 29.8 Å². The molecule has 1 rings (SSSR count). The number of hydrogen-bond acceptors (Lipinski definition) is 0. The minimum atomic E-state index is 1.03. The second-order valence-electron chi connectivity index (χ2n) is 4.75. The average molecular weight is 250 g/mol. The van der Waals surface area contributed by atoms with E-state index in [2.05, 4.69) is 38.1 Å². The third-order valence-corrected chi connectivity index (χ3v) is 4.64. The number of unbranched alkanes of at least 4 members (excludes halogenated alkanes) is 4. The summed E-state index contributed by atoms with van der Waals surface area (Å²) in [6.45, 7) is 4.55. The van der Waals surface area contributed by atoms with Crippen LogP contribution in [-0.2, 0) is 6.42 Å². The minimum Gasteiger partial charge on any atom is -0.0901 e. The van der Waals surface area contributed by atoms with Gasteiger partial charge >= 0.3 is 0 Å². The van der Waals surface area contributed by atoms with E-state index >= 15 is 0 Å². The first-order valence-corrected chi connectivity index (χ1v) is 8.41. The fourth-order valence-electron chi connectivity index (χ4n) is 2.05. The molecular weight excluding hydrogens is 223 g/mol. The van der Waals surface area contributed by atoms with Crippen molar-refractivity contribution in [2.75, 3.05) is 6.16 Å². The number of hydrogen-bond donors (Lipinski definition) is 0. The topological polar surface area (TPSA) is 0 Å². The highest BCUT2D eigenvalue weighted by molar-refractivity contribution is 7.47. The molecule has 0 fully saturated rings. The molecule has 17 heavy (non-hydrogen) atoms. The fourth-order valence-corrected chi connectivity index (χ4v) is 3.40. The molecule has 96 valence electrons. The molecule has 0 aromatic heterocycles. The standard InChI is InChI=1S/C16H27P/c1-3-5-7-10-14-17-16-13-9-8-12-15(16)11-6-4-2/h8-9,12-13,17H,3-7,10-11,14H2,1-2H3. The summed E-state index contributed by atoms with van der Waals surface area (Å²) in [5, 5.41) is 1.62. The third-order valence-electron chi connectivity index (χ3n) is 3.16. The second kappa shape index (κ2) is 9.66. The van der Waals surface area contributed by atoms with Gasteiger partial charge in [-0.2, -0.15) is 0 Å². The molecule has 0 heterocycles. The lowest BCUT2D eigenvalue weighted by Gasteiger charge is -2.09. The van der Waals surface area contributed by atoms with Crippen LogP contribution >= 0.6 is 8.58 Å². The van der Waals surface area contributed by atoms with Crippen molar-refractivity contribution in [3.8, 4) is 0 Å². The summed E-state index contributed by atoms with van der Waals surface area (Å²) in [6.07, 6.45) is 10.9. The van der Waals surface area contributed by atoms with Crippen LogP contribution in [0, 0.1) is 0 Å². The average Bonchev–Trinajstić information content (AvgIpc) is 2.37. The molecule has 1 aromatic rings. The Morgan fingerprint density at radius 3 is 2.41 bits per heavy atom. The zero-order chi connectivity index (χ0) is 12.3. The van der Waals surface area contributed by atoms with E-state index in [0.717, 1.165) is 8.58 Å². The molecule has 1 atom stereocenters. The Bertz CT molecular complexity index is 293. The van der Waals surface area contributed by atoms with Gasteiger partial charge in [-0.25, -0.2) is 0 Å². The Labute approximate surface area is 109 Å². The van der Waals surface area contributed by atoms with Gasteiger partial charge in [0.15, 0.2) is 0 Å². The van der Waals surface area contributed by atoms with Crippen molar-refractivity contribution in [1.82, 2.24) is 0 Å². The predicted molar refractivity (Wildman–Crippen MR) is 82.0 cm³/mol. The SMILES string of the molecule is CCCCCCPc1ccccc1CCCC. The second-order valence-corrected chi connectivity index (χ2v) is 6.14. The molecule has 0 aliphatic heterocycles. The van der Waals surface area contributed by atoms with Gasteiger partial charge in [-0.05, 0) is 36.3 Å². The molecule has 0 N–H and O–H groups in total. The zero-order valence-corrected chi connectivity index (χ0v) is 12.5. The Balaban J connectivity index is 2.35. The maximum atomic E-state index is 2.34. The van der Waals surface area contributed by atoms with E-state index in [0.29, 0.717) is 0 Å². The van der Waals surface area contributed by atoms with E-state index in [1.807, 2.05) is 0 Å². The Kier molecular flexibility index (Phi) is 8.36. The van der Waals surface area contributed by atoms with Crippen LogP contribution < -0.4 is 5.30 Å². The van der Waals surface area contributed by atoms with Gasteiger partial charge in [0.1, 0.15) is 0 Å². The van der Waals surface area contributed by atoms with E-state index in [1.54, 1.807) is 10.9 Å². The molecule has 0 amide bonds. The van der Waals surface area contributed by atoms with Gasteiger partial charge in [0.2, 0.25) is 0 Å². The van der Waals surface area contributed by atoms with E-state index in [9.17, 15) is 0 Å². The van der Waals surface area contributed by atoms with Crippen molar-refractivity contribution in [1.29, 1.82) is 0 Å². The number of aryl methyl sites for hydroxylation is 1.